The van der Waals surface area contributed by atoms with Crippen molar-refractivity contribution in [3.8, 4) is 0 Å². The summed E-state index contributed by atoms with van der Waals surface area (Å²) in [7, 11) is 2.20. The largest absolute Gasteiger partial charge is 0.396 e. The van der Waals surface area contributed by atoms with Crippen LogP contribution in [0.5, 0.6) is 0 Å². The SMILES string of the molecule is CN1CC2CC(C1)C2CCO. The highest BCUT2D eigenvalue weighted by Crippen LogP contribution is 2.46. The first-order valence-electron chi connectivity index (χ1n) is 4.60. The van der Waals surface area contributed by atoms with Crippen LogP contribution in [0.25, 0.3) is 0 Å². The van der Waals surface area contributed by atoms with E-state index >= 15 is 0 Å². The van der Waals surface area contributed by atoms with Gasteiger partial charge in [0, 0.05) is 19.7 Å². The highest BCUT2D eigenvalue weighted by molar-refractivity contribution is 4.95. The van der Waals surface area contributed by atoms with Gasteiger partial charge in [0.25, 0.3) is 0 Å². The minimum Gasteiger partial charge on any atom is -0.396 e. The van der Waals surface area contributed by atoms with Crippen LogP contribution < -0.4 is 0 Å². The van der Waals surface area contributed by atoms with Crippen LogP contribution >= 0.6 is 0 Å². The summed E-state index contributed by atoms with van der Waals surface area (Å²) in [5, 5.41) is 8.81. The van der Waals surface area contributed by atoms with Gasteiger partial charge in [-0.15, -0.1) is 0 Å². The van der Waals surface area contributed by atoms with E-state index < -0.39 is 0 Å². The molecular weight excluding hydrogens is 138 g/mol. The molecule has 3 aliphatic rings. The molecule has 0 spiro atoms. The Bertz CT molecular complexity index is 136. The van der Waals surface area contributed by atoms with Crippen molar-refractivity contribution in [2.45, 2.75) is 12.8 Å². The summed E-state index contributed by atoms with van der Waals surface area (Å²) in [6.45, 7) is 2.92. The number of rotatable bonds is 2. The highest BCUT2D eigenvalue weighted by atomic mass is 16.3. The van der Waals surface area contributed by atoms with Crippen LogP contribution in [0.2, 0.25) is 0 Å². The number of piperidine rings is 2. The van der Waals surface area contributed by atoms with Gasteiger partial charge < -0.3 is 10.0 Å². The molecule has 1 N–H and O–H groups in total. The Labute approximate surface area is 68.2 Å². The topological polar surface area (TPSA) is 23.5 Å². The van der Waals surface area contributed by atoms with Crippen LogP contribution in [0.1, 0.15) is 12.8 Å². The van der Waals surface area contributed by atoms with E-state index in [1.807, 2.05) is 0 Å². The fraction of sp³-hybridized carbons (Fsp3) is 1.00. The van der Waals surface area contributed by atoms with Crippen LogP contribution in [0, 0.1) is 17.8 Å². The Hall–Kier alpha value is -0.0800. The Morgan fingerprint density at radius 2 is 2.00 bits per heavy atom. The molecule has 3 fully saturated rings. The Balaban J connectivity index is 1.88. The molecule has 2 aliphatic heterocycles. The van der Waals surface area contributed by atoms with Crippen molar-refractivity contribution >= 4 is 0 Å². The van der Waals surface area contributed by atoms with Gasteiger partial charge in [-0.1, -0.05) is 0 Å². The van der Waals surface area contributed by atoms with E-state index in [0.717, 1.165) is 24.2 Å². The summed E-state index contributed by atoms with van der Waals surface area (Å²) in [6, 6.07) is 0. The van der Waals surface area contributed by atoms with Crippen molar-refractivity contribution < 1.29 is 5.11 Å². The summed E-state index contributed by atoms with van der Waals surface area (Å²) in [5.41, 5.74) is 0. The van der Waals surface area contributed by atoms with Gasteiger partial charge in [0.05, 0.1) is 0 Å². The number of hydrogen-bond donors (Lipinski definition) is 1. The summed E-state index contributed by atoms with van der Waals surface area (Å²) in [6.07, 6.45) is 2.47. The quantitative estimate of drug-likeness (QED) is 0.630. The normalized spacial score (nSPS) is 43.6. The molecule has 2 nitrogen and oxygen atoms in total. The van der Waals surface area contributed by atoms with E-state index in [2.05, 4.69) is 11.9 Å². The summed E-state index contributed by atoms with van der Waals surface area (Å²) < 4.78 is 0. The standard InChI is InChI=1S/C9H17NO/c1-10-5-7-4-8(6-10)9(7)2-3-11/h7-9,11H,2-6H2,1H3. The zero-order valence-electron chi connectivity index (χ0n) is 7.16. The van der Waals surface area contributed by atoms with E-state index in [1.165, 1.54) is 19.5 Å². The lowest BCUT2D eigenvalue weighted by molar-refractivity contribution is -0.0429. The second-order valence-electron chi connectivity index (χ2n) is 4.15. The minimum atomic E-state index is 0.390. The Morgan fingerprint density at radius 3 is 2.55 bits per heavy atom. The molecule has 0 radical (unpaired) electrons. The molecule has 2 heteroatoms. The van der Waals surface area contributed by atoms with Crippen LogP contribution in [-0.4, -0.2) is 36.8 Å². The molecule has 1 aliphatic carbocycles. The van der Waals surface area contributed by atoms with Gasteiger partial charge in [0.2, 0.25) is 0 Å². The molecule has 2 bridgehead atoms. The van der Waals surface area contributed by atoms with Gasteiger partial charge in [0.1, 0.15) is 0 Å². The second kappa shape index (κ2) is 2.76. The number of nitrogens with zero attached hydrogens (tertiary/aromatic N) is 1. The molecular formula is C9H17NO. The van der Waals surface area contributed by atoms with E-state index in [9.17, 15) is 0 Å². The lowest BCUT2D eigenvalue weighted by Crippen LogP contribution is -2.53. The molecule has 3 rings (SSSR count). The van der Waals surface area contributed by atoms with Crippen LogP contribution in [0.15, 0.2) is 0 Å². The first-order valence-corrected chi connectivity index (χ1v) is 4.60. The summed E-state index contributed by atoms with van der Waals surface area (Å²) in [5.74, 6) is 2.67. The van der Waals surface area contributed by atoms with Crippen molar-refractivity contribution in [3.63, 3.8) is 0 Å². The Morgan fingerprint density at radius 1 is 1.36 bits per heavy atom. The molecule has 2 saturated heterocycles. The van der Waals surface area contributed by atoms with E-state index in [4.69, 9.17) is 5.11 Å². The van der Waals surface area contributed by atoms with Crippen molar-refractivity contribution in [1.82, 2.24) is 4.90 Å². The maximum Gasteiger partial charge on any atom is 0.0433 e. The van der Waals surface area contributed by atoms with Crippen LogP contribution in [-0.2, 0) is 0 Å². The average molecular weight is 155 g/mol. The number of hydrogen-bond acceptors (Lipinski definition) is 2. The first-order chi connectivity index (χ1) is 5.31. The lowest BCUT2D eigenvalue weighted by atomic mass is 9.60. The third kappa shape index (κ3) is 1.18. The van der Waals surface area contributed by atoms with Crippen molar-refractivity contribution in [3.05, 3.63) is 0 Å². The smallest absolute Gasteiger partial charge is 0.0433 e. The third-order valence-corrected chi connectivity index (χ3v) is 3.37. The fourth-order valence-electron chi connectivity index (χ4n) is 2.84. The molecule has 64 valence electrons. The predicted molar refractivity (Wildman–Crippen MR) is 44.3 cm³/mol. The molecule has 0 aromatic rings. The molecule has 2 atom stereocenters. The van der Waals surface area contributed by atoms with E-state index in [-0.39, 0.29) is 0 Å². The zero-order chi connectivity index (χ0) is 7.84. The second-order valence-corrected chi connectivity index (χ2v) is 4.15. The van der Waals surface area contributed by atoms with Gasteiger partial charge in [-0.25, -0.2) is 0 Å². The number of fused-ring (bicyclic) bond motifs is 2. The molecule has 1 saturated carbocycles. The van der Waals surface area contributed by atoms with Gasteiger partial charge >= 0.3 is 0 Å². The summed E-state index contributed by atoms with van der Waals surface area (Å²) in [4.78, 5) is 2.42. The number of aliphatic hydroxyl groups excluding tert-OH is 1. The Kier molecular flexibility index (Phi) is 1.90. The number of aliphatic hydroxyl groups is 1. The highest BCUT2D eigenvalue weighted by Gasteiger charge is 2.44. The van der Waals surface area contributed by atoms with E-state index in [0.29, 0.717) is 6.61 Å². The van der Waals surface area contributed by atoms with Gasteiger partial charge in [0.15, 0.2) is 0 Å². The molecule has 11 heavy (non-hydrogen) atoms. The van der Waals surface area contributed by atoms with Gasteiger partial charge in [-0.2, -0.15) is 0 Å². The monoisotopic (exact) mass is 155 g/mol. The maximum absolute atomic E-state index is 8.81. The predicted octanol–water partition coefficient (Wildman–Crippen LogP) is 0.567. The average Bonchev–Trinajstić information content (AvgIpc) is 2.00. The first kappa shape index (κ1) is 7.56. The molecule has 2 unspecified atom stereocenters. The maximum atomic E-state index is 8.81. The third-order valence-electron chi connectivity index (χ3n) is 3.37. The lowest BCUT2D eigenvalue weighted by Gasteiger charge is -2.53. The zero-order valence-corrected chi connectivity index (χ0v) is 7.16. The van der Waals surface area contributed by atoms with Crippen molar-refractivity contribution in [1.29, 1.82) is 0 Å². The minimum absolute atomic E-state index is 0.390. The molecule has 2 heterocycles. The summed E-state index contributed by atoms with van der Waals surface area (Å²) >= 11 is 0. The van der Waals surface area contributed by atoms with Gasteiger partial charge in [-0.05, 0) is 37.6 Å². The van der Waals surface area contributed by atoms with Crippen molar-refractivity contribution in [2.24, 2.45) is 17.8 Å². The van der Waals surface area contributed by atoms with Gasteiger partial charge in [-0.3, -0.25) is 0 Å². The fourth-order valence-corrected chi connectivity index (χ4v) is 2.84. The molecule has 0 amide bonds. The molecule has 0 aromatic carbocycles. The van der Waals surface area contributed by atoms with Crippen molar-refractivity contribution in [2.75, 3.05) is 26.7 Å². The van der Waals surface area contributed by atoms with Crippen LogP contribution in [0.3, 0.4) is 0 Å². The van der Waals surface area contributed by atoms with E-state index in [1.54, 1.807) is 0 Å². The van der Waals surface area contributed by atoms with Crippen LogP contribution in [0.4, 0.5) is 0 Å². The molecule has 0 aromatic heterocycles.